The smallest absolute Gasteiger partial charge is 0.119 e. The molecule has 0 bridgehead atoms. The van der Waals surface area contributed by atoms with Crippen LogP contribution in [0.15, 0.2) is 35.3 Å². The Hall–Kier alpha value is -0.800. The van der Waals surface area contributed by atoms with Gasteiger partial charge in [-0.2, -0.15) is 0 Å². The number of halogens is 1. The molecule has 0 saturated carbocycles. The molecule has 14 heavy (non-hydrogen) atoms. The molecule has 0 heterocycles. The van der Waals surface area contributed by atoms with Gasteiger partial charge in [0.25, 0.3) is 0 Å². The predicted octanol–water partition coefficient (Wildman–Crippen LogP) is 3.16. The summed E-state index contributed by atoms with van der Waals surface area (Å²) in [6.07, 6.45) is 1.73. The first kappa shape index (κ1) is 11.3. The Labute approximate surface area is 92.7 Å². The monoisotopic (exact) mass is 256 g/mol. The molecule has 2 nitrogen and oxygen atoms in total. The number of hydrogen-bond acceptors (Lipinski definition) is 2. The predicted molar refractivity (Wildman–Crippen MR) is 60.5 cm³/mol. The van der Waals surface area contributed by atoms with Crippen molar-refractivity contribution >= 4 is 15.9 Å². The van der Waals surface area contributed by atoms with Gasteiger partial charge in [0.05, 0.1) is 20.3 Å². The van der Waals surface area contributed by atoms with E-state index in [1.807, 2.05) is 18.2 Å². The zero-order valence-electron chi connectivity index (χ0n) is 8.13. The van der Waals surface area contributed by atoms with Crippen LogP contribution in [0.1, 0.15) is 5.56 Å². The number of rotatable bonds is 5. The minimum absolute atomic E-state index is 0.559. The first-order valence-corrected chi connectivity index (χ1v) is 5.08. The molecule has 0 N–H and O–H groups in total. The van der Waals surface area contributed by atoms with E-state index < -0.39 is 0 Å². The lowest BCUT2D eigenvalue weighted by molar-refractivity contribution is 0.148. The lowest BCUT2D eigenvalue weighted by Crippen LogP contribution is -1.94. The fourth-order valence-corrected chi connectivity index (χ4v) is 1.40. The van der Waals surface area contributed by atoms with E-state index in [1.165, 1.54) is 0 Å². The van der Waals surface area contributed by atoms with Gasteiger partial charge in [-0.3, -0.25) is 0 Å². The molecule has 0 aliphatic heterocycles. The Morgan fingerprint density at radius 3 is 2.93 bits per heavy atom. The van der Waals surface area contributed by atoms with Crippen molar-refractivity contribution < 1.29 is 9.47 Å². The molecule has 0 saturated heterocycles. The van der Waals surface area contributed by atoms with E-state index in [9.17, 15) is 0 Å². The zero-order valence-corrected chi connectivity index (χ0v) is 9.71. The maximum absolute atomic E-state index is 5.35. The molecule has 3 heteroatoms. The van der Waals surface area contributed by atoms with Gasteiger partial charge in [-0.25, -0.2) is 0 Å². The Kier molecular flexibility index (Phi) is 4.70. The van der Waals surface area contributed by atoms with Crippen LogP contribution in [0, 0.1) is 0 Å². The third-order valence-corrected chi connectivity index (χ3v) is 2.52. The van der Waals surface area contributed by atoms with Gasteiger partial charge in [0.1, 0.15) is 5.75 Å². The molecule has 1 aromatic carbocycles. The summed E-state index contributed by atoms with van der Waals surface area (Å²) in [6.45, 7) is 4.71. The number of methoxy groups -OCH3 is 1. The number of benzene rings is 1. The van der Waals surface area contributed by atoms with Crippen LogP contribution < -0.4 is 4.74 Å². The fourth-order valence-electron chi connectivity index (χ4n) is 1.04. The van der Waals surface area contributed by atoms with Crippen molar-refractivity contribution in [3.8, 4) is 5.75 Å². The molecule has 0 aliphatic rings. The Morgan fingerprint density at radius 1 is 1.50 bits per heavy atom. The van der Waals surface area contributed by atoms with Gasteiger partial charge in [-0.1, -0.05) is 22.0 Å². The number of hydrogen-bond donors (Lipinski definition) is 0. The first-order valence-electron chi connectivity index (χ1n) is 4.29. The van der Waals surface area contributed by atoms with Crippen molar-refractivity contribution in [1.29, 1.82) is 0 Å². The average Bonchev–Trinajstić information content (AvgIpc) is 2.21. The summed E-state index contributed by atoms with van der Waals surface area (Å²) in [4.78, 5) is 0. The van der Waals surface area contributed by atoms with E-state index in [-0.39, 0.29) is 0 Å². The fraction of sp³-hybridized carbons (Fsp3) is 0.273. The highest BCUT2D eigenvalue weighted by atomic mass is 79.9. The topological polar surface area (TPSA) is 18.5 Å². The van der Waals surface area contributed by atoms with Gasteiger partial charge in [0.2, 0.25) is 0 Å². The Bertz CT molecular complexity index is 310. The van der Waals surface area contributed by atoms with Crippen molar-refractivity contribution in [3.05, 3.63) is 40.9 Å². The molecule has 0 radical (unpaired) electrons. The van der Waals surface area contributed by atoms with Crippen LogP contribution in [0.3, 0.4) is 0 Å². The minimum Gasteiger partial charge on any atom is -0.497 e. The van der Waals surface area contributed by atoms with Gasteiger partial charge < -0.3 is 9.47 Å². The third-order valence-electron chi connectivity index (χ3n) is 1.75. The summed E-state index contributed by atoms with van der Waals surface area (Å²) in [7, 11) is 1.65. The van der Waals surface area contributed by atoms with Gasteiger partial charge in [-0.05, 0) is 23.8 Å². The van der Waals surface area contributed by atoms with E-state index in [4.69, 9.17) is 9.47 Å². The summed E-state index contributed by atoms with van der Waals surface area (Å²) < 4.78 is 11.5. The molecule has 0 spiro atoms. The molecule has 0 fully saturated rings. The lowest BCUT2D eigenvalue weighted by atomic mass is 10.2. The van der Waals surface area contributed by atoms with E-state index in [0.29, 0.717) is 13.2 Å². The molecule has 0 amide bonds. The summed E-state index contributed by atoms with van der Waals surface area (Å²) in [5.41, 5.74) is 1.08. The minimum atomic E-state index is 0.559. The van der Waals surface area contributed by atoms with Crippen molar-refractivity contribution in [3.63, 3.8) is 0 Å². The molecule has 0 unspecified atom stereocenters. The quantitative estimate of drug-likeness (QED) is 0.595. The van der Waals surface area contributed by atoms with E-state index in [2.05, 4.69) is 22.5 Å². The van der Waals surface area contributed by atoms with Crippen LogP contribution in [0.2, 0.25) is 0 Å². The molecule has 1 aromatic rings. The van der Waals surface area contributed by atoms with Crippen molar-refractivity contribution in [2.45, 2.75) is 6.61 Å². The highest BCUT2D eigenvalue weighted by Gasteiger charge is 2.01. The lowest BCUT2D eigenvalue weighted by Gasteiger charge is -2.07. The first-order chi connectivity index (χ1) is 6.77. The van der Waals surface area contributed by atoms with Gasteiger partial charge in [-0.15, -0.1) is 6.58 Å². The van der Waals surface area contributed by atoms with Gasteiger partial charge in [0, 0.05) is 4.47 Å². The summed E-state index contributed by atoms with van der Waals surface area (Å²) in [5, 5.41) is 0. The van der Waals surface area contributed by atoms with Crippen LogP contribution >= 0.6 is 15.9 Å². The van der Waals surface area contributed by atoms with Crippen molar-refractivity contribution in [2.24, 2.45) is 0 Å². The highest BCUT2D eigenvalue weighted by Crippen LogP contribution is 2.22. The maximum Gasteiger partial charge on any atom is 0.119 e. The van der Waals surface area contributed by atoms with Gasteiger partial charge in [0.15, 0.2) is 0 Å². The van der Waals surface area contributed by atoms with Crippen LogP contribution in [-0.2, 0) is 11.3 Å². The molecule has 0 atom stereocenters. The Morgan fingerprint density at radius 2 is 2.29 bits per heavy atom. The normalized spacial score (nSPS) is 9.86. The van der Waals surface area contributed by atoms with Crippen LogP contribution in [0.5, 0.6) is 5.75 Å². The second-order valence-electron chi connectivity index (χ2n) is 2.76. The summed E-state index contributed by atoms with van der Waals surface area (Å²) in [5.74, 6) is 0.838. The third kappa shape index (κ3) is 3.16. The SMILES string of the molecule is C=CCOCc1cc(OC)ccc1Br. The maximum atomic E-state index is 5.35. The molecule has 76 valence electrons. The largest absolute Gasteiger partial charge is 0.497 e. The van der Waals surface area contributed by atoms with E-state index in [1.54, 1.807) is 13.2 Å². The molecular formula is C11H13BrO2. The second kappa shape index (κ2) is 5.83. The van der Waals surface area contributed by atoms with Gasteiger partial charge >= 0.3 is 0 Å². The van der Waals surface area contributed by atoms with Crippen LogP contribution in [-0.4, -0.2) is 13.7 Å². The van der Waals surface area contributed by atoms with Crippen LogP contribution in [0.25, 0.3) is 0 Å². The molecule has 0 aliphatic carbocycles. The number of ether oxygens (including phenoxy) is 2. The summed E-state index contributed by atoms with van der Waals surface area (Å²) >= 11 is 3.45. The second-order valence-corrected chi connectivity index (χ2v) is 3.62. The molecule has 1 rings (SSSR count). The molecular weight excluding hydrogens is 244 g/mol. The zero-order chi connectivity index (χ0) is 10.4. The van der Waals surface area contributed by atoms with Crippen molar-refractivity contribution in [2.75, 3.05) is 13.7 Å². The van der Waals surface area contributed by atoms with Crippen molar-refractivity contribution in [1.82, 2.24) is 0 Å². The summed E-state index contributed by atoms with van der Waals surface area (Å²) in [6, 6.07) is 5.81. The van der Waals surface area contributed by atoms with E-state index >= 15 is 0 Å². The highest BCUT2D eigenvalue weighted by molar-refractivity contribution is 9.10. The van der Waals surface area contributed by atoms with E-state index in [0.717, 1.165) is 15.8 Å². The standard InChI is InChI=1S/C11H13BrO2/c1-3-6-14-8-9-7-10(13-2)4-5-11(9)12/h3-5,7H,1,6,8H2,2H3. The average molecular weight is 257 g/mol. The van der Waals surface area contributed by atoms with Crippen LogP contribution in [0.4, 0.5) is 0 Å². The molecule has 0 aromatic heterocycles. The Balaban J connectivity index is 2.68.